The van der Waals surface area contributed by atoms with Gasteiger partial charge in [-0.05, 0) is 30.9 Å². The molecule has 10 heteroatoms. The number of piperidine rings is 1. The second-order valence-electron chi connectivity index (χ2n) is 7.99. The summed E-state index contributed by atoms with van der Waals surface area (Å²) < 4.78 is 17.5. The number of pyridine rings is 1. The number of aliphatic carboxylic acids is 2. The molecule has 3 aliphatic rings. The van der Waals surface area contributed by atoms with Crippen molar-refractivity contribution in [3.05, 3.63) is 30.1 Å². The van der Waals surface area contributed by atoms with Gasteiger partial charge in [-0.3, -0.25) is 9.78 Å². The van der Waals surface area contributed by atoms with Gasteiger partial charge in [0.05, 0.1) is 37.4 Å². The quantitative estimate of drug-likeness (QED) is 0.661. The Hall–Kier alpha value is -2.56. The normalized spacial score (nSPS) is 24.5. The average Bonchev–Trinajstić information content (AvgIpc) is 3.44. The van der Waals surface area contributed by atoms with Crippen LogP contribution in [0, 0.1) is 5.92 Å². The van der Waals surface area contributed by atoms with Crippen LogP contribution in [0.25, 0.3) is 0 Å². The number of aromatic nitrogens is 1. The Morgan fingerprint density at radius 1 is 1.19 bits per heavy atom. The van der Waals surface area contributed by atoms with E-state index in [0.717, 1.165) is 44.3 Å². The number of carbonyl (C=O) groups is 3. The Balaban J connectivity index is 0.000000401. The number of ether oxygens (including phenoxy) is 3. The molecule has 1 amide bonds. The van der Waals surface area contributed by atoms with Crippen molar-refractivity contribution in [2.24, 2.45) is 5.92 Å². The maximum atomic E-state index is 12.5. The zero-order valence-electron chi connectivity index (χ0n) is 17.3. The largest absolute Gasteiger partial charge is 0.473 e. The summed E-state index contributed by atoms with van der Waals surface area (Å²) in [5.74, 6) is -3.33. The van der Waals surface area contributed by atoms with Gasteiger partial charge in [0.2, 0.25) is 5.91 Å². The van der Waals surface area contributed by atoms with Crippen molar-refractivity contribution in [2.45, 2.75) is 44.0 Å². The summed E-state index contributed by atoms with van der Waals surface area (Å²) in [5, 5.41) is 14.8. The number of carboxylic acid groups (broad SMARTS) is 2. The molecule has 3 aliphatic heterocycles. The Morgan fingerprint density at radius 2 is 1.94 bits per heavy atom. The Bertz CT molecular complexity index is 746. The van der Waals surface area contributed by atoms with Crippen LogP contribution >= 0.6 is 0 Å². The van der Waals surface area contributed by atoms with E-state index in [4.69, 9.17) is 34.0 Å². The minimum Gasteiger partial charge on any atom is -0.473 e. The Morgan fingerprint density at radius 3 is 2.52 bits per heavy atom. The first-order chi connectivity index (χ1) is 14.9. The molecule has 0 bridgehead atoms. The molecule has 170 valence electrons. The van der Waals surface area contributed by atoms with Crippen molar-refractivity contribution in [1.82, 2.24) is 9.88 Å². The van der Waals surface area contributed by atoms with E-state index in [-0.39, 0.29) is 23.5 Å². The molecule has 10 nitrogen and oxygen atoms in total. The SMILES string of the molecule is O=C(C1CCOC1)N1CCC2(CC1)CC(OCc1cccnc1)CO2.O=C(O)C(=O)O. The second kappa shape index (κ2) is 10.7. The molecule has 0 aliphatic carbocycles. The molecule has 31 heavy (non-hydrogen) atoms. The van der Waals surface area contributed by atoms with Crippen molar-refractivity contribution in [1.29, 1.82) is 0 Å². The molecular formula is C21H28N2O8. The number of nitrogens with zero attached hydrogens (tertiary/aromatic N) is 2. The maximum absolute atomic E-state index is 12.5. The van der Waals surface area contributed by atoms with Gasteiger partial charge in [-0.25, -0.2) is 9.59 Å². The molecule has 3 saturated heterocycles. The standard InChI is InChI=1S/C19H26N2O4.C2H2O4/c22-18(16-3-9-23-13-16)21-7-4-19(5-8-21)10-17(14-25-19)24-12-15-2-1-6-20-11-15;3-1(4)2(5)6/h1-2,6,11,16-17H,3-5,7-10,12-14H2;(H,3,4)(H,5,6). The lowest BCUT2D eigenvalue weighted by molar-refractivity contribution is -0.159. The molecule has 1 aromatic rings. The highest BCUT2D eigenvalue weighted by Crippen LogP contribution is 2.37. The van der Waals surface area contributed by atoms with Crippen LogP contribution in [-0.4, -0.2) is 82.6 Å². The summed E-state index contributed by atoms with van der Waals surface area (Å²) >= 11 is 0. The molecular weight excluding hydrogens is 408 g/mol. The van der Waals surface area contributed by atoms with Crippen molar-refractivity contribution in [3.63, 3.8) is 0 Å². The van der Waals surface area contributed by atoms with Gasteiger partial charge < -0.3 is 29.3 Å². The third-order valence-corrected chi connectivity index (χ3v) is 5.83. The predicted octanol–water partition coefficient (Wildman–Crippen LogP) is 0.940. The van der Waals surface area contributed by atoms with Crippen molar-refractivity contribution in [2.75, 3.05) is 32.9 Å². The number of rotatable bonds is 4. The van der Waals surface area contributed by atoms with Gasteiger partial charge in [0.15, 0.2) is 0 Å². The number of carboxylic acids is 2. The molecule has 0 radical (unpaired) electrons. The van der Waals surface area contributed by atoms with E-state index in [1.54, 1.807) is 6.20 Å². The monoisotopic (exact) mass is 436 g/mol. The summed E-state index contributed by atoms with van der Waals surface area (Å²) in [6.45, 7) is 4.08. The summed E-state index contributed by atoms with van der Waals surface area (Å²) in [6.07, 6.45) is 7.32. The van der Waals surface area contributed by atoms with Gasteiger partial charge in [-0.1, -0.05) is 6.07 Å². The lowest BCUT2D eigenvalue weighted by Gasteiger charge is -2.39. The van der Waals surface area contributed by atoms with E-state index < -0.39 is 11.9 Å². The highest BCUT2D eigenvalue weighted by atomic mass is 16.6. The maximum Gasteiger partial charge on any atom is 0.414 e. The second-order valence-corrected chi connectivity index (χ2v) is 7.99. The molecule has 1 aromatic heterocycles. The van der Waals surface area contributed by atoms with E-state index >= 15 is 0 Å². The first-order valence-electron chi connectivity index (χ1n) is 10.4. The first-order valence-corrected chi connectivity index (χ1v) is 10.4. The van der Waals surface area contributed by atoms with Gasteiger partial charge in [0.25, 0.3) is 0 Å². The topological polar surface area (TPSA) is 135 Å². The van der Waals surface area contributed by atoms with Gasteiger partial charge in [0.1, 0.15) is 0 Å². The zero-order valence-corrected chi connectivity index (χ0v) is 17.3. The zero-order chi connectivity index (χ0) is 22.3. The number of hydrogen-bond donors (Lipinski definition) is 2. The smallest absolute Gasteiger partial charge is 0.414 e. The molecule has 2 atom stereocenters. The lowest BCUT2D eigenvalue weighted by Crippen LogP contribution is -2.48. The third-order valence-electron chi connectivity index (χ3n) is 5.83. The fourth-order valence-electron chi connectivity index (χ4n) is 4.08. The van der Waals surface area contributed by atoms with Crippen LogP contribution in [0.2, 0.25) is 0 Å². The third kappa shape index (κ3) is 6.46. The van der Waals surface area contributed by atoms with Crippen molar-refractivity contribution in [3.8, 4) is 0 Å². The number of likely N-dealkylation sites (tertiary alicyclic amines) is 1. The minimum atomic E-state index is -1.82. The van der Waals surface area contributed by atoms with Crippen LogP contribution in [0.5, 0.6) is 0 Å². The van der Waals surface area contributed by atoms with E-state index in [2.05, 4.69) is 4.98 Å². The van der Waals surface area contributed by atoms with E-state index in [0.29, 0.717) is 26.4 Å². The highest BCUT2D eigenvalue weighted by molar-refractivity contribution is 6.27. The minimum absolute atomic E-state index is 0.0640. The summed E-state index contributed by atoms with van der Waals surface area (Å²) in [5.41, 5.74) is 0.977. The molecule has 0 saturated carbocycles. The van der Waals surface area contributed by atoms with E-state index in [9.17, 15) is 4.79 Å². The van der Waals surface area contributed by atoms with E-state index in [1.165, 1.54) is 0 Å². The average molecular weight is 436 g/mol. The highest BCUT2D eigenvalue weighted by Gasteiger charge is 2.44. The van der Waals surface area contributed by atoms with E-state index in [1.807, 2.05) is 23.2 Å². The van der Waals surface area contributed by atoms with Crippen LogP contribution in [0.1, 0.15) is 31.2 Å². The van der Waals surface area contributed by atoms with Crippen molar-refractivity contribution < 1.29 is 38.8 Å². The first kappa shape index (κ1) is 23.1. The van der Waals surface area contributed by atoms with Crippen molar-refractivity contribution >= 4 is 17.8 Å². The Labute approximate surface area is 180 Å². The van der Waals surface area contributed by atoms with Crippen LogP contribution < -0.4 is 0 Å². The van der Waals surface area contributed by atoms with Crippen LogP contribution in [0.3, 0.4) is 0 Å². The molecule has 3 fully saturated rings. The predicted molar refractivity (Wildman–Crippen MR) is 106 cm³/mol. The van der Waals surface area contributed by atoms with Gasteiger partial charge in [-0.2, -0.15) is 0 Å². The molecule has 0 aromatic carbocycles. The lowest BCUT2D eigenvalue weighted by atomic mass is 9.87. The summed E-state index contributed by atoms with van der Waals surface area (Å²) in [6, 6.07) is 3.95. The van der Waals surface area contributed by atoms with Gasteiger partial charge in [0, 0.05) is 38.5 Å². The number of carbonyl (C=O) groups excluding carboxylic acids is 1. The molecule has 2 unspecified atom stereocenters. The van der Waals surface area contributed by atoms with Crippen LogP contribution in [0.15, 0.2) is 24.5 Å². The summed E-state index contributed by atoms with van der Waals surface area (Å²) in [7, 11) is 0. The molecule has 1 spiro atoms. The molecule has 4 heterocycles. The fraction of sp³-hybridized carbons (Fsp3) is 0.619. The molecule has 2 N–H and O–H groups in total. The number of amides is 1. The Kier molecular flexibility index (Phi) is 7.94. The van der Waals surface area contributed by atoms with Crippen LogP contribution in [0.4, 0.5) is 0 Å². The van der Waals surface area contributed by atoms with Gasteiger partial charge >= 0.3 is 11.9 Å². The van der Waals surface area contributed by atoms with Crippen LogP contribution in [-0.2, 0) is 35.2 Å². The molecule has 4 rings (SSSR count). The number of hydrogen-bond acceptors (Lipinski definition) is 7. The van der Waals surface area contributed by atoms with Gasteiger partial charge in [-0.15, -0.1) is 0 Å². The fourth-order valence-corrected chi connectivity index (χ4v) is 4.08. The summed E-state index contributed by atoms with van der Waals surface area (Å²) in [4.78, 5) is 36.8.